The number of nitrogens with one attached hydrogen (secondary N) is 1. The van der Waals surface area contributed by atoms with Gasteiger partial charge < -0.3 is 10.6 Å². The molecule has 0 aliphatic rings. The number of para-hydroxylation sites is 1. The molecule has 0 saturated carbocycles. The van der Waals surface area contributed by atoms with E-state index in [2.05, 4.69) is 28.9 Å². The van der Waals surface area contributed by atoms with E-state index in [4.69, 9.17) is 11.1 Å². The van der Waals surface area contributed by atoms with Crippen molar-refractivity contribution in [1.29, 1.82) is 5.41 Å². The number of unbranched alkanes of at least 4 members (excludes halogenated alkanes) is 1. The largest absolute Gasteiger partial charge is 0.382 e. The Morgan fingerprint density at radius 3 is 2.60 bits per heavy atom. The lowest BCUT2D eigenvalue weighted by Crippen LogP contribution is -2.24. The quantitative estimate of drug-likeness (QED) is 0.624. The van der Waals surface area contributed by atoms with Crippen LogP contribution in [0.1, 0.15) is 25.5 Å². The molecule has 0 spiro atoms. The number of pyridine rings is 1. The molecule has 0 radical (unpaired) electrons. The first kappa shape index (κ1) is 14.1. The van der Waals surface area contributed by atoms with Crippen LogP contribution in [-0.4, -0.2) is 17.4 Å². The summed E-state index contributed by atoms with van der Waals surface area (Å²) in [5, 5.41) is 7.70. The third-order valence-electron chi connectivity index (χ3n) is 3.14. The first-order valence-electron chi connectivity index (χ1n) is 6.86. The third kappa shape index (κ3) is 3.15. The van der Waals surface area contributed by atoms with Gasteiger partial charge in [-0.05, 0) is 30.7 Å². The van der Waals surface area contributed by atoms with Crippen molar-refractivity contribution in [2.45, 2.75) is 19.8 Å². The first-order chi connectivity index (χ1) is 9.74. The van der Waals surface area contributed by atoms with Gasteiger partial charge in [-0.1, -0.05) is 31.5 Å². The van der Waals surface area contributed by atoms with Gasteiger partial charge in [0.15, 0.2) is 0 Å². The minimum atomic E-state index is -0.00182. The molecule has 0 aliphatic heterocycles. The molecule has 2 rings (SSSR count). The van der Waals surface area contributed by atoms with E-state index >= 15 is 0 Å². The molecule has 0 amide bonds. The predicted molar refractivity (Wildman–Crippen MR) is 83.6 cm³/mol. The van der Waals surface area contributed by atoms with Crippen LogP contribution in [0.25, 0.3) is 0 Å². The van der Waals surface area contributed by atoms with Crippen molar-refractivity contribution in [1.82, 2.24) is 4.98 Å². The van der Waals surface area contributed by atoms with Crippen LogP contribution in [0, 0.1) is 5.41 Å². The number of nitrogen functional groups attached to an aromatic ring is 1. The van der Waals surface area contributed by atoms with Gasteiger partial charge in [-0.25, -0.2) is 0 Å². The number of amidine groups is 1. The molecule has 104 valence electrons. The number of hydrogen-bond donors (Lipinski definition) is 2. The predicted octanol–water partition coefficient (Wildman–Crippen LogP) is 3.30. The summed E-state index contributed by atoms with van der Waals surface area (Å²) in [4.78, 5) is 6.42. The minimum Gasteiger partial charge on any atom is -0.382 e. The zero-order chi connectivity index (χ0) is 14.4. The van der Waals surface area contributed by atoms with Gasteiger partial charge >= 0.3 is 0 Å². The fourth-order valence-corrected chi connectivity index (χ4v) is 2.13. The van der Waals surface area contributed by atoms with Gasteiger partial charge in [0.05, 0.1) is 5.69 Å². The highest BCUT2D eigenvalue weighted by molar-refractivity contribution is 5.99. The van der Waals surface area contributed by atoms with Crippen molar-refractivity contribution in [2.24, 2.45) is 5.73 Å². The van der Waals surface area contributed by atoms with Gasteiger partial charge in [0.1, 0.15) is 11.5 Å². The number of benzene rings is 1. The number of nitrogens with zero attached hydrogens (tertiary/aromatic N) is 2. The Morgan fingerprint density at radius 1 is 1.20 bits per heavy atom. The van der Waals surface area contributed by atoms with E-state index in [-0.39, 0.29) is 5.84 Å². The Hall–Kier alpha value is -2.36. The lowest BCUT2D eigenvalue weighted by Gasteiger charge is -2.26. The van der Waals surface area contributed by atoms with Crippen LogP contribution in [0.5, 0.6) is 0 Å². The Balaban J connectivity index is 2.44. The van der Waals surface area contributed by atoms with E-state index in [0.717, 1.165) is 30.8 Å². The molecule has 0 atom stereocenters. The van der Waals surface area contributed by atoms with Crippen LogP contribution >= 0.6 is 0 Å². The monoisotopic (exact) mass is 268 g/mol. The SMILES string of the molecule is CCCCN(c1ccccc1)c1cccnc1C(=N)N. The van der Waals surface area contributed by atoms with E-state index in [1.807, 2.05) is 30.3 Å². The van der Waals surface area contributed by atoms with Crippen molar-refractivity contribution in [3.8, 4) is 0 Å². The Kier molecular flexibility index (Phi) is 4.71. The fraction of sp³-hybridized carbons (Fsp3) is 0.250. The van der Waals surface area contributed by atoms with Crippen LogP contribution in [0.3, 0.4) is 0 Å². The molecule has 20 heavy (non-hydrogen) atoms. The first-order valence-corrected chi connectivity index (χ1v) is 6.86. The maximum atomic E-state index is 7.70. The molecular weight excluding hydrogens is 248 g/mol. The maximum Gasteiger partial charge on any atom is 0.143 e. The summed E-state index contributed by atoms with van der Waals surface area (Å²) in [7, 11) is 0. The Bertz CT molecular complexity index is 566. The average molecular weight is 268 g/mol. The van der Waals surface area contributed by atoms with Gasteiger partial charge in [-0.3, -0.25) is 10.4 Å². The molecular formula is C16H20N4. The smallest absolute Gasteiger partial charge is 0.143 e. The number of anilines is 2. The zero-order valence-electron chi connectivity index (χ0n) is 11.7. The molecule has 0 fully saturated rings. The Labute approximate surface area is 119 Å². The highest BCUT2D eigenvalue weighted by atomic mass is 15.1. The standard InChI is InChI=1S/C16H20N4/c1-2-3-12-20(13-8-5-4-6-9-13)14-10-7-11-19-15(14)16(17)18/h4-11H,2-3,12H2,1H3,(H3,17,18). The second-order valence-corrected chi connectivity index (χ2v) is 4.63. The summed E-state index contributed by atoms with van der Waals surface area (Å²) >= 11 is 0. The van der Waals surface area contributed by atoms with Crippen LogP contribution in [0.15, 0.2) is 48.7 Å². The zero-order valence-corrected chi connectivity index (χ0v) is 11.7. The molecule has 2 aromatic rings. The molecule has 0 saturated heterocycles. The van der Waals surface area contributed by atoms with E-state index < -0.39 is 0 Å². The summed E-state index contributed by atoms with van der Waals surface area (Å²) in [6, 6.07) is 14.0. The van der Waals surface area contributed by atoms with Crippen LogP contribution in [-0.2, 0) is 0 Å². The van der Waals surface area contributed by atoms with Crippen molar-refractivity contribution in [2.75, 3.05) is 11.4 Å². The number of aromatic nitrogens is 1. The Morgan fingerprint density at radius 2 is 1.95 bits per heavy atom. The number of hydrogen-bond acceptors (Lipinski definition) is 3. The van der Waals surface area contributed by atoms with E-state index in [1.165, 1.54) is 0 Å². The van der Waals surface area contributed by atoms with Crippen molar-refractivity contribution >= 4 is 17.2 Å². The summed E-state index contributed by atoms with van der Waals surface area (Å²) < 4.78 is 0. The molecule has 1 aromatic carbocycles. The molecule has 3 N–H and O–H groups in total. The van der Waals surface area contributed by atoms with Gasteiger partial charge in [0, 0.05) is 18.4 Å². The van der Waals surface area contributed by atoms with Crippen molar-refractivity contribution in [3.63, 3.8) is 0 Å². The highest BCUT2D eigenvalue weighted by Crippen LogP contribution is 2.27. The second kappa shape index (κ2) is 6.70. The van der Waals surface area contributed by atoms with Gasteiger partial charge in [-0.2, -0.15) is 0 Å². The van der Waals surface area contributed by atoms with Crippen LogP contribution in [0.2, 0.25) is 0 Å². The van der Waals surface area contributed by atoms with Gasteiger partial charge in [0.25, 0.3) is 0 Å². The minimum absolute atomic E-state index is 0.00182. The van der Waals surface area contributed by atoms with E-state index in [0.29, 0.717) is 5.69 Å². The van der Waals surface area contributed by atoms with Crippen LogP contribution in [0.4, 0.5) is 11.4 Å². The lowest BCUT2D eigenvalue weighted by molar-refractivity contribution is 0.784. The van der Waals surface area contributed by atoms with Crippen molar-refractivity contribution < 1.29 is 0 Å². The van der Waals surface area contributed by atoms with E-state index in [9.17, 15) is 0 Å². The molecule has 0 bridgehead atoms. The normalized spacial score (nSPS) is 10.2. The third-order valence-corrected chi connectivity index (χ3v) is 3.14. The molecule has 0 aliphatic carbocycles. The van der Waals surface area contributed by atoms with Gasteiger partial charge in [-0.15, -0.1) is 0 Å². The maximum absolute atomic E-state index is 7.70. The molecule has 1 heterocycles. The molecule has 4 heteroatoms. The summed E-state index contributed by atoms with van der Waals surface area (Å²) in [6.45, 7) is 3.05. The fourth-order valence-electron chi connectivity index (χ4n) is 2.13. The topological polar surface area (TPSA) is 66.0 Å². The molecule has 0 unspecified atom stereocenters. The molecule has 4 nitrogen and oxygen atoms in total. The summed E-state index contributed by atoms with van der Waals surface area (Å²) in [5.41, 5.74) is 8.17. The number of rotatable bonds is 6. The number of nitrogens with two attached hydrogens (primary N) is 1. The summed E-state index contributed by atoms with van der Waals surface area (Å²) in [5.74, 6) is -0.00182. The van der Waals surface area contributed by atoms with Crippen molar-refractivity contribution in [3.05, 3.63) is 54.4 Å². The molecule has 1 aromatic heterocycles. The lowest BCUT2D eigenvalue weighted by atomic mass is 10.2. The average Bonchev–Trinajstić information content (AvgIpc) is 2.49. The summed E-state index contributed by atoms with van der Waals surface area (Å²) in [6.07, 6.45) is 3.85. The van der Waals surface area contributed by atoms with Gasteiger partial charge in [0.2, 0.25) is 0 Å². The highest BCUT2D eigenvalue weighted by Gasteiger charge is 2.15. The van der Waals surface area contributed by atoms with Crippen LogP contribution < -0.4 is 10.6 Å². The van der Waals surface area contributed by atoms with E-state index in [1.54, 1.807) is 6.20 Å². The second-order valence-electron chi connectivity index (χ2n) is 4.63.